The van der Waals surface area contributed by atoms with Gasteiger partial charge in [-0.05, 0) is 23.0 Å². The Hall–Kier alpha value is -1.12. The molecule has 1 unspecified atom stereocenters. The first-order valence-corrected chi connectivity index (χ1v) is 5.67. The van der Waals surface area contributed by atoms with E-state index in [2.05, 4.69) is 57.0 Å². The largest absolute Gasteiger partial charge is 0.271 e. The van der Waals surface area contributed by atoms with Crippen LogP contribution in [0.5, 0.6) is 0 Å². The van der Waals surface area contributed by atoms with Crippen molar-refractivity contribution in [3.63, 3.8) is 0 Å². The van der Waals surface area contributed by atoms with Gasteiger partial charge in [0.2, 0.25) is 0 Å². The monoisotopic (exact) mass is 218 g/mol. The second-order valence-corrected chi connectivity index (χ2v) is 5.08. The van der Waals surface area contributed by atoms with Crippen molar-refractivity contribution in [2.75, 3.05) is 0 Å². The van der Waals surface area contributed by atoms with E-state index in [0.717, 1.165) is 6.42 Å². The SMILES string of the molecule is C=CCC(NN)c1ccccc1C(C)(C)C. The molecule has 3 N–H and O–H groups in total. The van der Waals surface area contributed by atoms with Crippen LogP contribution < -0.4 is 11.3 Å². The second kappa shape index (κ2) is 5.28. The van der Waals surface area contributed by atoms with Gasteiger partial charge in [-0.1, -0.05) is 51.1 Å². The van der Waals surface area contributed by atoms with Gasteiger partial charge in [-0.15, -0.1) is 6.58 Å². The summed E-state index contributed by atoms with van der Waals surface area (Å²) in [6.45, 7) is 10.4. The van der Waals surface area contributed by atoms with Gasteiger partial charge in [0, 0.05) is 6.04 Å². The number of nitrogens with two attached hydrogens (primary N) is 1. The van der Waals surface area contributed by atoms with E-state index in [1.165, 1.54) is 11.1 Å². The maximum atomic E-state index is 5.61. The Bertz CT molecular complexity index is 350. The summed E-state index contributed by atoms with van der Waals surface area (Å²) in [7, 11) is 0. The predicted molar refractivity (Wildman–Crippen MR) is 70.0 cm³/mol. The zero-order chi connectivity index (χ0) is 12.2. The van der Waals surface area contributed by atoms with Gasteiger partial charge in [0.05, 0.1) is 0 Å². The van der Waals surface area contributed by atoms with Crippen molar-refractivity contribution in [1.29, 1.82) is 0 Å². The topological polar surface area (TPSA) is 38.0 Å². The first-order chi connectivity index (χ1) is 7.50. The first-order valence-electron chi connectivity index (χ1n) is 5.67. The van der Waals surface area contributed by atoms with Gasteiger partial charge >= 0.3 is 0 Å². The summed E-state index contributed by atoms with van der Waals surface area (Å²) in [6, 6.07) is 8.58. The Labute approximate surface area is 98.5 Å². The minimum Gasteiger partial charge on any atom is -0.271 e. The fourth-order valence-electron chi connectivity index (χ4n) is 1.94. The molecule has 0 aliphatic carbocycles. The molecule has 1 aromatic rings. The lowest BCUT2D eigenvalue weighted by molar-refractivity contribution is 0.524. The number of rotatable bonds is 4. The highest BCUT2D eigenvalue weighted by Crippen LogP contribution is 2.30. The molecule has 88 valence electrons. The molecular weight excluding hydrogens is 196 g/mol. The van der Waals surface area contributed by atoms with Crippen LogP contribution in [-0.2, 0) is 5.41 Å². The summed E-state index contributed by atoms with van der Waals surface area (Å²) in [5.74, 6) is 5.61. The van der Waals surface area contributed by atoms with Crippen molar-refractivity contribution in [1.82, 2.24) is 5.43 Å². The number of hydrogen-bond donors (Lipinski definition) is 2. The van der Waals surface area contributed by atoms with E-state index in [1.807, 2.05) is 6.08 Å². The van der Waals surface area contributed by atoms with Gasteiger partial charge in [-0.3, -0.25) is 11.3 Å². The van der Waals surface area contributed by atoms with Gasteiger partial charge in [-0.2, -0.15) is 0 Å². The third-order valence-corrected chi connectivity index (χ3v) is 2.75. The van der Waals surface area contributed by atoms with Crippen molar-refractivity contribution in [2.45, 2.75) is 38.6 Å². The average molecular weight is 218 g/mol. The van der Waals surface area contributed by atoms with Crippen molar-refractivity contribution in [3.05, 3.63) is 48.0 Å². The zero-order valence-corrected chi connectivity index (χ0v) is 10.5. The standard InChI is InChI=1S/C14H22N2/c1-5-8-13(16-15)11-9-6-7-10-12(11)14(2,3)4/h5-7,9-10,13,16H,1,8,15H2,2-4H3. The predicted octanol–water partition coefficient (Wildman–Crippen LogP) is 3.06. The van der Waals surface area contributed by atoms with Gasteiger partial charge in [0.15, 0.2) is 0 Å². The van der Waals surface area contributed by atoms with Crippen LogP contribution in [0.3, 0.4) is 0 Å². The smallest absolute Gasteiger partial charge is 0.0497 e. The molecule has 1 aromatic carbocycles. The molecular formula is C14H22N2. The molecule has 0 aliphatic rings. The second-order valence-electron chi connectivity index (χ2n) is 5.08. The van der Waals surface area contributed by atoms with Crippen LogP contribution in [-0.4, -0.2) is 0 Å². The first kappa shape index (κ1) is 12.9. The van der Waals surface area contributed by atoms with E-state index in [1.54, 1.807) is 0 Å². The third kappa shape index (κ3) is 2.94. The van der Waals surface area contributed by atoms with Crippen LogP contribution in [0.2, 0.25) is 0 Å². The normalized spacial score (nSPS) is 13.5. The maximum Gasteiger partial charge on any atom is 0.0497 e. The van der Waals surface area contributed by atoms with E-state index >= 15 is 0 Å². The van der Waals surface area contributed by atoms with Gasteiger partial charge in [0.25, 0.3) is 0 Å². The molecule has 0 aliphatic heterocycles. The summed E-state index contributed by atoms with van der Waals surface area (Å²) in [4.78, 5) is 0. The molecule has 0 bridgehead atoms. The highest BCUT2D eigenvalue weighted by atomic mass is 15.2. The van der Waals surface area contributed by atoms with E-state index in [9.17, 15) is 0 Å². The summed E-state index contributed by atoms with van der Waals surface area (Å²) in [6.07, 6.45) is 2.73. The zero-order valence-electron chi connectivity index (χ0n) is 10.5. The van der Waals surface area contributed by atoms with Gasteiger partial charge in [0.1, 0.15) is 0 Å². The maximum absolute atomic E-state index is 5.61. The molecule has 0 fully saturated rings. The Morgan fingerprint density at radius 1 is 1.38 bits per heavy atom. The van der Waals surface area contributed by atoms with Gasteiger partial charge in [-0.25, -0.2) is 0 Å². The molecule has 0 spiro atoms. The molecule has 0 aromatic heterocycles. The van der Waals surface area contributed by atoms with Crippen molar-refractivity contribution < 1.29 is 0 Å². The molecule has 1 atom stereocenters. The third-order valence-electron chi connectivity index (χ3n) is 2.75. The quantitative estimate of drug-likeness (QED) is 0.463. The highest BCUT2D eigenvalue weighted by Gasteiger charge is 2.20. The summed E-state index contributed by atoms with van der Waals surface area (Å²) < 4.78 is 0. The summed E-state index contributed by atoms with van der Waals surface area (Å²) in [5.41, 5.74) is 5.59. The van der Waals surface area contributed by atoms with E-state index in [-0.39, 0.29) is 11.5 Å². The molecule has 0 saturated carbocycles. The van der Waals surface area contributed by atoms with Crippen molar-refractivity contribution in [2.24, 2.45) is 5.84 Å². The lowest BCUT2D eigenvalue weighted by Crippen LogP contribution is -2.30. The molecule has 0 radical (unpaired) electrons. The molecule has 2 nitrogen and oxygen atoms in total. The van der Waals surface area contributed by atoms with E-state index < -0.39 is 0 Å². The molecule has 0 heterocycles. The van der Waals surface area contributed by atoms with Crippen LogP contribution in [0.25, 0.3) is 0 Å². The number of hydrazine groups is 1. The lowest BCUT2D eigenvalue weighted by atomic mass is 9.81. The molecule has 0 amide bonds. The Kier molecular flexibility index (Phi) is 4.27. The number of hydrogen-bond acceptors (Lipinski definition) is 2. The fourth-order valence-corrected chi connectivity index (χ4v) is 1.94. The van der Waals surface area contributed by atoms with E-state index in [4.69, 9.17) is 5.84 Å². The fraction of sp³-hybridized carbons (Fsp3) is 0.429. The van der Waals surface area contributed by atoms with Gasteiger partial charge < -0.3 is 0 Å². The summed E-state index contributed by atoms with van der Waals surface area (Å²) >= 11 is 0. The Morgan fingerprint density at radius 2 is 2.00 bits per heavy atom. The van der Waals surface area contributed by atoms with Crippen LogP contribution in [0.15, 0.2) is 36.9 Å². The lowest BCUT2D eigenvalue weighted by Gasteiger charge is -2.26. The minimum atomic E-state index is 0.132. The summed E-state index contributed by atoms with van der Waals surface area (Å²) in [5, 5.41) is 0. The molecule has 0 saturated heterocycles. The van der Waals surface area contributed by atoms with Crippen LogP contribution in [0.1, 0.15) is 44.4 Å². The van der Waals surface area contributed by atoms with Crippen LogP contribution in [0.4, 0.5) is 0 Å². The average Bonchev–Trinajstić information content (AvgIpc) is 2.25. The highest BCUT2D eigenvalue weighted by molar-refractivity contribution is 5.35. The molecule has 16 heavy (non-hydrogen) atoms. The van der Waals surface area contributed by atoms with Crippen LogP contribution >= 0.6 is 0 Å². The van der Waals surface area contributed by atoms with Crippen molar-refractivity contribution in [3.8, 4) is 0 Å². The molecule has 1 rings (SSSR count). The van der Waals surface area contributed by atoms with E-state index in [0.29, 0.717) is 0 Å². The van der Waals surface area contributed by atoms with Crippen molar-refractivity contribution >= 4 is 0 Å². The molecule has 2 heteroatoms. The number of nitrogens with one attached hydrogen (secondary N) is 1. The Morgan fingerprint density at radius 3 is 2.50 bits per heavy atom. The number of benzene rings is 1. The Balaban J connectivity index is 3.16. The minimum absolute atomic E-state index is 0.132. The van der Waals surface area contributed by atoms with Crippen LogP contribution in [0, 0.1) is 0 Å².